The smallest absolute Gasteiger partial charge is 0.372 e. The maximum absolute atomic E-state index is 12.9. The number of fused-ring (bicyclic) bond motifs is 3. The maximum atomic E-state index is 12.9. The second-order valence-corrected chi connectivity index (χ2v) is 11.3. The zero-order valence-corrected chi connectivity index (χ0v) is 21.4. The molecule has 0 amide bonds. The van der Waals surface area contributed by atoms with E-state index in [1.807, 2.05) is 0 Å². The van der Waals surface area contributed by atoms with Crippen LogP contribution in [-0.2, 0) is 23.9 Å². The SMILES string of the molecule is CC[C@]12CCCN3CCC4C5CCCCC5N(C4C31)[C@](O)(C(=O)OC)C2.O=C(O)CCC(=O)C(=O)O. The van der Waals surface area contributed by atoms with E-state index in [0.29, 0.717) is 36.4 Å². The van der Waals surface area contributed by atoms with Crippen LogP contribution in [0.5, 0.6) is 0 Å². The number of methoxy groups -OCH3 is 1. The van der Waals surface area contributed by atoms with Crippen LogP contribution in [0.1, 0.15) is 77.6 Å². The summed E-state index contributed by atoms with van der Waals surface area (Å²) < 4.78 is 5.19. The number of rotatable bonds is 6. The molecular formula is C26H40N2O8. The van der Waals surface area contributed by atoms with Gasteiger partial charge in [-0.1, -0.05) is 19.8 Å². The largest absolute Gasteiger partial charge is 0.481 e. The Morgan fingerprint density at radius 3 is 2.33 bits per heavy atom. The molecule has 0 aromatic rings. The Balaban J connectivity index is 0.000000261. The number of ether oxygens (including phenoxy) is 1. The first-order chi connectivity index (χ1) is 17.1. The van der Waals surface area contributed by atoms with Crippen molar-refractivity contribution in [3.05, 3.63) is 0 Å². The number of carbonyl (C=O) groups excluding carboxylic acids is 2. The minimum Gasteiger partial charge on any atom is -0.481 e. The lowest BCUT2D eigenvalue weighted by Gasteiger charge is -2.64. The van der Waals surface area contributed by atoms with Crippen molar-refractivity contribution < 1.29 is 39.2 Å². The quantitative estimate of drug-likeness (QED) is 0.359. The van der Waals surface area contributed by atoms with E-state index in [1.165, 1.54) is 52.3 Å². The number of aliphatic hydroxyl groups is 1. The van der Waals surface area contributed by atoms with Gasteiger partial charge in [0.1, 0.15) is 0 Å². The Hall–Kier alpha value is -2.04. The number of Topliss-reactive ketones (excluding diaryl/α,β-unsaturated/α-hetero) is 1. The predicted octanol–water partition coefficient (Wildman–Crippen LogP) is 1.88. The summed E-state index contributed by atoms with van der Waals surface area (Å²) in [7, 11) is 1.44. The molecule has 4 heterocycles. The normalized spacial score (nSPS) is 39.1. The summed E-state index contributed by atoms with van der Waals surface area (Å²) in [6.45, 7) is 4.67. The standard InChI is InChI=1S/C21H34N2O3.C5H6O5/c1-3-20-10-6-11-22-12-9-15-14-7-4-5-8-16(14)23(17(15)18(20)22)21(25,13-20)19(24)26-2;6-3(5(9)10)1-2-4(7)8/h14-18,25H,3-13H2,1-2H3;1-2H2,(H,7,8)(H,9,10)/t14?,15?,16?,17?,18?,20-,21-;/m1./s1. The summed E-state index contributed by atoms with van der Waals surface area (Å²) in [6, 6.07) is 1.20. The van der Waals surface area contributed by atoms with Gasteiger partial charge in [-0.3, -0.25) is 19.4 Å². The van der Waals surface area contributed by atoms with Crippen LogP contribution in [0, 0.1) is 17.3 Å². The van der Waals surface area contributed by atoms with Crippen LogP contribution in [0.25, 0.3) is 0 Å². The van der Waals surface area contributed by atoms with Gasteiger partial charge in [0.2, 0.25) is 11.5 Å². The van der Waals surface area contributed by atoms with Crippen molar-refractivity contribution >= 4 is 23.7 Å². The number of carboxylic acids is 2. The molecule has 0 spiro atoms. The molecule has 0 radical (unpaired) electrons. The molecule has 7 atom stereocenters. The van der Waals surface area contributed by atoms with E-state index in [0.717, 1.165) is 19.3 Å². The first-order valence-corrected chi connectivity index (χ1v) is 13.4. The summed E-state index contributed by atoms with van der Waals surface area (Å²) >= 11 is 0. The maximum Gasteiger partial charge on any atom is 0.372 e. The number of esters is 1. The van der Waals surface area contributed by atoms with Crippen molar-refractivity contribution in [1.29, 1.82) is 0 Å². The van der Waals surface area contributed by atoms with E-state index in [2.05, 4.69) is 16.7 Å². The van der Waals surface area contributed by atoms with Crippen molar-refractivity contribution in [2.24, 2.45) is 17.3 Å². The van der Waals surface area contributed by atoms with Gasteiger partial charge >= 0.3 is 17.9 Å². The van der Waals surface area contributed by atoms with Crippen molar-refractivity contribution in [2.75, 3.05) is 20.2 Å². The molecule has 0 bridgehead atoms. The van der Waals surface area contributed by atoms with E-state index in [-0.39, 0.29) is 5.41 Å². The molecular weight excluding hydrogens is 468 g/mol. The summed E-state index contributed by atoms with van der Waals surface area (Å²) in [5.74, 6) is -2.95. The van der Waals surface area contributed by atoms with Crippen LogP contribution in [0.3, 0.4) is 0 Å². The highest BCUT2D eigenvalue weighted by atomic mass is 16.5. The lowest BCUT2D eigenvalue weighted by molar-refractivity contribution is -0.246. The Bertz CT molecular complexity index is 895. The van der Waals surface area contributed by atoms with Crippen LogP contribution in [-0.4, -0.2) is 92.9 Å². The highest BCUT2D eigenvalue weighted by molar-refractivity contribution is 6.32. The summed E-state index contributed by atoms with van der Waals surface area (Å²) in [4.78, 5) is 47.7. The van der Waals surface area contributed by atoms with Gasteiger partial charge in [0.05, 0.1) is 13.5 Å². The topological polar surface area (TPSA) is 145 Å². The molecule has 5 aliphatic rings. The fourth-order valence-electron chi connectivity index (χ4n) is 8.36. The predicted molar refractivity (Wildman–Crippen MR) is 128 cm³/mol. The Kier molecular flexibility index (Phi) is 7.78. The number of ketones is 1. The molecule has 5 rings (SSSR count). The van der Waals surface area contributed by atoms with Crippen LogP contribution in [0.2, 0.25) is 0 Å². The van der Waals surface area contributed by atoms with Gasteiger partial charge in [-0.25, -0.2) is 9.59 Å². The van der Waals surface area contributed by atoms with Gasteiger partial charge in [0.25, 0.3) is 0 Å². The van der Waals surface area contributed by atoms with Crippen LogP contribution >= 0.6 is 0 Å². The summed E-state index contributed by atoms with van der Waals surface area (Å²) in [6.07, 6.45) is 9.21. The third-order valence-corrected chi connectivity index (χ3v) is 9.71. The number of carbonyl (C=O) groups is 4. The summed E-state index contributed by atoms with van der Waals surface area (Å²) in [5.41, 5.74) is -1.38. The first-order valence-electron chi connectivity index (χ1n) is 13.4. The summed E-state index contributed by atoms with van der Waals surface area (Å²) in [5, 5.41) is 27.8. The molecule has 5 fully saturated rings. The van der Waals surface area contributed by atoms with Crippen molar-refractivity contribution in [1.82, 2.24) is 9.80 Å². The molecule has 36 heavy (non-hydrogen) atoms. The second kappa shape index (κ2) is 10.4. The van der Waals surface area contributed by atoms with Crippen LogP contribution in [0.4, 0.5) is 0 Å². The highest BCUT2D eigenvalue weighted by Crippen LogP contribution is 2.61. The average molecular weight is 509 g/mol. The van der Waals surface area contributed by atoms with Crippen molar-refractivity contribution in [3.8, 4) is 0 Å². The molecule has 5 unspecified atom stereocenters. The monoisotopic (exact) mass is 508 g/mol. The molecule has 1 aliphatic carbocycles. The number of nitrogens with zero attached hydrogens (tertiary/aromatic N) is 2. The lowest BCUT2D eigenvalue weighted by atomic mass is 9.58. The van der Waals surface area contributed by atoms with Crippen LogP contribution in [0.15, 0.2) is 0 Å². The Labute approximate surface area is 212 Å². The molecule has 0 aromatic heterocycles. The zero-order valence-electron chi connectivity index (χ0n) is 21.4. The van der Waals surface area contributed by atoms with E-state index in [1.54, 1.807) is 0 Å². The number of piperidine rings is 3. The van der Waals surface area contributed by atoms with Gasteiger partial charge < -0.3 is 20.1 Å². The number of hydrogen-bond acceptors (Lipinski definition) is 8. The van der Waals surface area contributed by atoms with Gasteiger partial charge in [0.15, 0.2) is 0 Å². The van der Waals surface area contributed by atoms with Crippen LogP contribution < -0.4 is 0 Å². The number of carboxylic acid groups (broad SMARTS) is 2. The highest BCUT2D eigenvalue weighted by Gasteiger charge is 2.70. The molecule has 4 aliphatic heterocycles. The van der Waals surface area contributed by atoms with E-state index >= 15 is 0 Å². The Morgan fingerprint density at radius 2 is 1.69 bits per heavy atom. The molecule has 202 valence electrons. The van der Waals surface area contributed by atoms with E-state index in [4.69, 9.17) is 14.9 Å². The fourth-order valence-corrected chi connectivity index (χ4v) is 8.36. The molecule has 1 saturated carbocycles. The lowest BCUT2D eigenvalue weighted by Crippen LogP contribution is -2.76. The average Bonchev–Trinajstić information content (AvgIpc) is 3.22. The number of aliphatic carboxylic acids is 2. The van der Waals surface area contributed by atoms with Crippen molar-refractivity contribution in [3.63, 3.8) is 0 Å². The van der Waals surface area contributed by atoms with Crippen molar-refractivity contribution in [2.45, 2.75) is 101 Å². The molecule has 10 nitrogen and oxygen atoms in total. The van der Waals surface area contributed by atoms with Gasteiger partial charge in [-0.15, -0.1) is 0 Å². The number of hydrogen-bond donors (Lipinski definition) is 3. The van der Waals surface area contributed by atoms with Gasteiger partial charge in [-0.05, 0) is 68.9 Å². The fraction of sp³-hybridized carbons (Fsp3) is 0.846. The third-order valence-electron chi connectivity index (χ3n) is 9.71. The minimum atomic E-state index is -1.58. The molecule has 4 saturated heterocycles. The van der Waals surface area contributed by atoms with E-state index in [9.17, 15) is 24.3 Å². The molecule has 3 N–H and O–H groups in total. The molecule has 0 aromatic carbocycles. The van der Waals surface area contributed by atoms with Gasteiger partial charge in [-0.2, -0.15) is 0 Å². The van der Waals surface area contributed by atoms with E-state index < -0.39 is 42.3 Å². The zero-order chi connectivity index (χ0) is 26.3. The first kappa shape index (κ1) is 27.0. The van der Waals surface area contributed by atoms with Gasteiger partial charge in [0, 0.05) is 31.0 Å². The Morgan fingerprint density at radius 1 is 0.972 bits per heavy atom. The minimum absolute atomic E-state index is 0.0501. The molecule has 10 heteroatoms. The third kappa shape index (κ3) is 4.45. The second-order valence-electron chi connectivity index (χ2n) is 11.3.